The molecule has 1 aliphatic heterocycles. The van der Waals surface area contributed by atoms with Crippen LogP contribution in [0.4, 0.5) is 22.7 Å². The molecule has 3 aromatic heterocycles. The molecule has 0 N–H and O–H groups in total. The van der Waals surface area contributed by atoms with E-state index in [4.69, 9.17) is 0 Å². The van der Waals surface area contributed by atoms with Crippen LogP contribution < -0.4 is 28.1 Å². The van der Waals surface area contributed by atoms with Gasteiger partial charge in [0.2, 0.25) is 0 Å². The van der Waals surface area contributed by atoms with E-state index in [-0.39, 0.29) is 0 Å². The van der Waals surface area contributed by atoms with Crippen LogP contribution in [0, 0.1) is 0 Å². The molecule has 0 unspecified atom stereocenters. The van der Waals surface area contributed by atoms with Gasteiger partial charge in [0.1, 0.15) is 27.2 Å². The number of pyridine rings is 2. The Morgan fingerprint density at radius 2 is 0.944 bits per heavy atom. The van der Waals surface area contributed by atoms with Crippen molar-refractivity contribution >= 4 is 44.8 Å². The van der Waals surface area contributed by atoms with E-state index >= 15 is 0 Å². The minimum absolute atomic E-state index is 1.02. The first-order valence-electron chi connectivity index (χ1n) is 19.9. The lowest BCUT2D eigenvalue weighted by Crippen LogP contribution is -2.41. The third kappa shape index (κ3) is 7.43. The van der Waals surface area contributed by atoms with Gasteiger partial charge in [0.15, 0.2) is 24.8 Å². The Bertz CT molecular complexity index is 2350. The summed E-state index contributed by atoms with van der Waals surface area (Å²) < 4.78 is 9.32. The lowest BCUT2D eigenvalue weighted by atomic mass is 10.0. The summed E-state index contributed by atoms with van der Waals surface area (Å²) in [6, 6.07) is 42.1. The number of benzene rings is 4. The van der Waals surface area contributed by atoms with Gasteiger partial charge in [-0.15, -0.1) is 0 Å². The summed E-state index contributed by atoms with van der Waals surface area (Å²) in [4.78, 5) is 4.94. The first-order chi connectivity index (χ1) is 26.5. The summed E-state index contributed by atoms with van der Waals surface area (Å²) in [5.74, 6) is 0. The summed E-state index contributed by atoms with van der Waals surface area (Å²) in [5, 5.41) is 0. The molecule has 54 heavy (non-hydrogen) atoms. The molecule has 0 saturated carbocycles. The van der Waals surface area contributed by atoms with Crippen LogP contribution in [0.15, 0.2) is 140 Å². The van der Waals surface area contributed by atoms with Crippen molar-refractivity contribution < 1.29 is 18.3 Å². The summed E-state index contributed by atoms with van der Waals surface area (Å²) in [5.41, 5.74) is 14.1. The van der Waals surface area contributed by atoms with Crippen LogP contribution in [0.1, 0.15) is 50.5 Å². The molecular weight excluding hydrogens is 661 g/mol. The van der Waals surface area contributed by atoms with Crippen LogP contribution in [0.2, 0.25) is 0 Å². The number of unbranched alkanes of at least 4 members (excludes halogenated alkanes) is 5. The van der Waals surface area contributed by atoms with Crippen molar-refractivity contribution in [1.29, 1.82) is 0 Å². The maximum Gasteiger partial charge on any atom is 0.280 e. The van der Waals surface area contributed by atoms with Gasteiger partial charge in [0, 0.05) is 75.0 Å². The molecule has 0 amide bonds. The first kappa shape index (κ1) is 35.4. The maximum absolute atomic E-state index is 2.57. The van der Waals surface area contributed by atoms with Crippen LogP contribution >= 0.6 is 0 Å². The molecule has 0 aliphatic carbocycles. The van der Waals surface area contributed by atoms with E-state index in [0.717, 1.165) is 32.5 Å². The van der Waals surface area contributed by atoms with Gasteiger partial charge in [0.25, 0.3) is 22.1 Å². The molecule has 272 valence electrons. The third-order valence-corrected chi connectivity index (χ3v) is 11.5. The van der Waals surface area contributed by atoms with E-state index < -0.39 is 0 Å². The Morgan fingerprint density at radius 3 is 1.57 bits per heavy atom. The van der Waals surface area contributed by atoms with Gasteiger partial charge in [-0.2, -0.15) is 9.13 Å². The van der Waals surface area contributed by atoms with Gasteiger partial charge in [-0.05, 0) is 48.1 Å². The Kier molecular flexibility index (Phi) is 10.6. The van der Waals surface area contributed by atoms with E-state index in [2.05, 4.69) is 189 Å². The van der Waals surface area contributed by atoms with Crippen molar-refractivity contribution in [3.05, 3.63) is 146 Å². The van der Waals surface area contributed by atoms with Crippen molar-refractivity contribution in [2.45, 2.75) is 64.5 Å². The van der Waals surface area contributed by atoms with E-state index in [1.54, 1.807) is 0 Å². The zero-order valence-corrected chi connectivity index (χ0v) is 32.2. The van der Waals surface area contributed by atoms with Gasteiger partial charge < -0.3 is 9.80 Å². The van der Waals surface area contributed by atoms with Crippen molar-refractivity contribution in [2.24, 2.45) is 14.1 Å². The predicted molar refractivity (Wildman–Crippen MR) is 220 cm³/mol. The highest BCUT2D eigenvalue weighted by atomic mass is 15.3. The summed E-state index contributed by atoms with van der Waals surface area (Å²) in [6.07, 6.45) is 18.7. The molecule has 0 radical (unpaired) electrons. The number of rotatable bonds is 14. The molecule has 0 saturated heterocycles. The van der Waals surface area contributed by atoms with Gasteiger partial charge in [0.05, 0.1) is 22.7 Å². The van der Waals surface area contributed by atoms with Crippen molar-refractivity contribution in [3.8, 4) is 11.1 Å². The van der Waals surface area contributed by atoms with Crippen LogP contribution in [0.3, 0.4) is 0 Å². The molecule has 4 heterocycles. The van der Waals surface area contributed by atoms with Crippen LogP contribution in [-0.4, -0.2) is 13.6 Å². The molecule has 6 nitrogen and oxygen atoms in total. The lowest BCUT2D eigenvalue weighted by Gasteiger charge is -2.38. The SMILES string of the molecule is CN1c2ccccc2N(CCCCCCCC[n+]2ccc(-c3cc[n+](CCCc4ccccc4)cc3)cc2)c2cc3c(cc21)[n+](C)c1ccccc1[n+]3C. The number of hydrogen-bond donors (Lipinski definition) is 0. The lowest BCUT2D eigenvalue weighted by molar-refractivity contribution is -0.697. The number of aromatic nitrogens is 4. The maximum atomic E-state index is 2.57. The average Bonchev–Trinajstić information content (AvgIpc) is 3.22. The molecule has 0 spiro atoms. The second-order valence-electron chi connectivity index (χ2n) is 15.0. The number of fused-ring (bicyclic) bond motifs is 4. The van der Waals surface area contributed by atoms with Crippen LogP contribution in [0.5, 0.6) is 0 Å². The first-order valence-corrected chi connectivity index (χ1v) is 19.9. The van der Waals surface area contributed by atoms with E-state index in [1.807, 2.05) is 0 Å². The number of para-hydroxylation sites is 4. The minimum atomic E-state index is 1.02. The average molecular weight is 715 g/mol. The number of hydrogen-bond acceptors (Lipinski definition) is 2. The standard InChI is InChI=1S/C48H54N6/c1-49-41-21-11-12-22-42(41)50(2)46-37-48-47(36-45(46)49)51(3)43-23-13-14-24-44(43)54(48)31-16-7-5-4-6-15-29-52-32-25-39(26-33-52)40-27-34-53(35-28-40)30-17-20-38-18-9-8-10-19-38/h8-14,18-19,21-28,32-37H,4-7,15-17,20,29-31H2,1-3H3/q+4. The molecule has 0 atom stereocenters. The van der Waals surface area contributed by atoms with E-state index in [9.17, 15) is 0 Å². The second kappa shape index (κ2) is 16.2. The third-order valence-electron chi connectivity index (χ3n) is 11.5. The highest BCUT2D eigenvalue weighted by Gasteiger charge is 2.31. The zero-order chi connectivity index (χ0) is 36.9. The normalized spacial score (nSPS) is 12.4. The Balaban J connectivity index is 0.820. The van der Waals surface area contributed by atoms with Crippen molar-refractivity contribution in [2.75, 3.05) is 23.4 Å². The highest BCUT2D eigenvalue weighted by molar-refractivity contribution is 5.97. The van der Waals surface area contributed by atoms with E-state index in [0.29, 0.717) is 0 Å². The van der Waals surface area contributed by atoms with Gasteiger partial charge in [-0.1, -0.05) is 73.9 Å². The fourth-order valence-corrected chi connectivity index (χ4v) is 8.32. The second-order valence-corrected chi connectivity index (χ2v) is 15.0. The van der Waals surface area contributed by atoms with Gasteiger partial charge in [-0.25, -0.2) is 9.13 Å². The summed E-state index contributed by atoms with van der Waals surface area (Å²) >= 11 is 0. The zero-order valence-electron chi connectivity index (χ0n) is 32.2. The van der Waals surface area contributed by atoms with E-state index in [1.165, 1.54) is 100 Å². The number of anilines is 4. The molecule has 0 fully saturated rings. The highest BCUT2D eigenvalue weighted by Crippen LogP contribution is 2.48. The number of nitrogens with zero attached hydrogens (tertiary/aromatic N) is 6. The Morgan fingerprint density at radius 1 is 0.444 bits per heavy atom. The van der Waals surface area contributed by atoms with Gasteiger partial charge >= 0.3 is 0 Å². The minimum Gasteiger partial charge on any atom is -0.341 e. The quantitative estimate of drug-likeness (QED) is 0.0639. The Labute approximate surface area is 320 Å². The topological polar surface area (TPSA) is 22.0 Å². The molecule has 6 heteroatoms. The number of aryl methyl sites for hydroxylation is 5. The van der Waals surface area contributed by atoms with Crippen molar-refractivity contribution in [3.63, 3.8) is 0 Å². The molecular formula is C48H54N6+4. The Hall–Kier alpha value is -5.62. The molecule has 7 aromatic rings. The smallest absolute Gasteiger partial charge is 0.280 e. The molecule has 1 aliphatic rings. The largest absolute Gasteiger partial charge is 0.341 e. The summed E-state index contributed by atoms with van der Waals surface area (Å²) in [7, 11) is 6.60. The molecule has 0 bridgehead atoms. The van der Waals surface area contributed by atoms with Gasteiger partial charge in [-0.3, -0.25) is 0 Å². The summed E-state index contributed by atoms with van der Waals surface area (Å²) in [6.45, 7) is 3.13. The molecule has 8 rings (SSSR count). The molecule has 4 aromatic carbocycles. The fourth-order valence-electron chi connectivity index (χ4n) is 8.32. The van der Waals surface area contributed by atoms with Crippen molar-refractivity contribution in [1.82, 2.24) is 0 Å². The van der Waals surface area contributed by atoms with Crippen LogP contribution in [-0.2, 0) is 33.6 Å². The predicted octanol–water partition coefficient (Wildman–Crippen LogP) is 8.78. The monoisotopic (exact) mass is 714 g/mol. The fraction of sp³-hybridized carbons (Fsp3) is 0.292. The van der Waals surface area contributed by atoms with Crippen LogP contribution in [0.25, 0.3) is 33.2 Å².